The van der Waals surface area contributed by atoms with E-state index in [0.29, 0.717) is 12.6 Å². The molecular formula is C14H24N2O3. The maximum Gasteiger partial charge on any atom is 0.245 e. The van der Waals surface area contributed by atoms with Gasteiger partial charge < -0.3 is 15.0 Å². The largest absolute Gasteiger partial charge is 0.378 e. The SMILES string of the molecule is CC(C)C1NC(=O)CN(CCCC2CCCO2)C1=O. The number of amides is 2. The Balaban J connectivity index is 1.80. The van der Waals surface area contributed by atoms with E-state index in [4.69, 9.17) is 4.74 Å². The van der Waals surface area contributed by atoms with Crippen LogP contribution in [0.25, 0.3) is 0 Å². The Bertz CT molecular complexity index is 338. The molecule has 2 fully saturated rings. The molecule has 108 valence electrons. The second-order valence-corrected chi connectivity index (χ2v) is 5.83. The van der Waals surface area contributed by atoms with E-state index < -0.39 is 0 Å². The lowest BCUT2D eigenvalue weighted by molar-refractivity contribution is -0.145. The molecule has 2 amide bonds. The van der Waals surface area contributed by atoms with Gasteiger partial charge in [-0.25, -0.2) is 0 Å². The highest BCUT2D eigenvalue weighted by Crippen LogP contribution is 2.18. The van der Waals surface area contributed by atoms with Gasteiger partial charge in [0.2, 0.25) is 11.8 Å². The van der Waals surface area contributed by atoms with Gasteiger partial charge in [0.1, 0.15) is 6.04 Å². The van der Waals surface area contributed by atoms with E-state index in [1.165, 1.54) is 0 Å². The van der Waals surface area contributed by atoms with Crippen molar-refractivity contribution in [2.24, 2.45) is 5.92 Å². The number of carbonyl (C=O) groups is 2. The maximum absolute atomic E-state index is 12.2. The third-order valence-corrected chi connectivity index (χ3v) is 3.87. The number of nitrogens with one attached hydrogen (secondary N) is 1. The normalized spacial score (nSPS) is 28.1. The lowest BCUT2D eigenvalue weighted by atomic mass is 10.0. The highest BCUT2D eigenvalue weighted by atomic mass is 16.5. The van der Waals surface area contributed by atoms with Gasteiger partial charge in [-0.2, -0.15) is 0 Å². The summed E-state index contributed by atoms with van der Waals surface area (Å²) in [5.74, 6) is 0.148. The zero-order chi connectivity index (χ0) is 13.8. The summed E-state index contributed by atoms with van der Waals surface area (Å²) < 4.78 is 5.57. The highest BCUT2D eigenvalue weighted by Gasteiger charge is 2.34. The number of hydrogen-bond donors (Lipinski definition) is 1. The van der Waals surface area contributed by atoms with Crippen molar-refractivity contribution >= 4 is 11.8 Å². The summed E-state index contributed by atoms with van der Waals surface area (Å²) >= 11 is 0. The van der Waals surface area contributed by atoms with Gasteiger partial charge in [-0.1, -0.05) is 13.8 Å². The Morgan fingerprint density at radius 2 is 2.21 bits per heavy atom. The fourth-order valence-electron chi connectivity index (χ4n) is 2.75. The molecule has 19 heavy (non-hydrogen) atoms. The zero-order valence-electron chi connectivity index (χ0n) is 11.9. The minimum absolute atomic E-state index is 0.0459. The molecule has 5 heteroatoms. The molecule has 1 N–H and O–H groups in total. The predicted octanol–water partition coefficient (Wildman–Crippen LogP) is 0.929. The fraction of sp³-hybridized carbons (Fsp3) is 0.857. The zero-order valence-corrected chi connectivity index (χ0v) is 11.9. The van der Waals surface area contributed by atoms with Crippen molar-refractivity contribution in [1.82, 2.24) is 10.2 Å². The molecule has 0 aromatic carbocycles. The van der Waals surface area contributed by atoms with Gasteiger partial charge in [-0.3, -0.25) is 9.59 Å². The molecule has 0 spiro atoms. The number of hydrogen-bond acceptors (Lipinski definition) is 3. The van der Waals surface area contributed by atoms with Gasteiger partial charge in [-0.15, -0.1) is 0 Å². The molecule has 2 rings (SSSR count). The Kier molecular flexibility index (Phi) is 4.80. The third kappa shape index (κ3) is 3.69. The summed E-state index contributed by atoms with van der Waals surface area (Å²) in [4.78, 5) is 25.5. The van der Waals surface area contributed by atoms with Crippen LogP contribution in [0.4, 0.5) is 0 Å². The number of nitrogens with zero attached hydrogens (tertiary/aromatic N) is 1. The topological polar surface area (TPSA) is 58.6 Å². The van der Waals surface area contributed by atoms with Crippen LogP contribution in [0.3, 0.4) is 0 Å². The molecule has 2 heterocycles. The van der Waals surface area contributed by atoms with E-state index in [1.54, 1.807) is 4.90 Å². The van der Waals surface area contributed by atoms with Crippen molar-refractivity contribution in [3.05, 3.63) is 0 Å². The van der Waals surface area contributed by atoms with Gasteiger partial charge in [0.25, 0.3) is 0 Å². The lowest BCUT2D eigenvalue weighted by Gasteiger charge is -2.34. The van der Waals surface area contributed by atoms with Crippen LogP contribution in [0, 0.1) is 5.92 Å². The Labute approximate surface area is 114 Å². The summed E-state index contributed by atoms with van der Waals surface area (Å²) in [6, 6.07) is -0.357. The summed E-state index contributed by atoms with van der Waals surface area (Å²) in [7, 11) is 0. The molecule has 0 aromatic heterocycles. The van der Waals surface area contributed by atoms with Crippen LogP contribution in [0.1, 0.15) is 39.5 Å². The molecular weight excluding hydrogens is 244 g/mol. The Morgan fingerprint density at radius 3 is 2.84 bits per heavy atom. The van der Waals surface area contributed by atoms with Gasteiger partial charge in [-0.05, 0) is 31.6 Å². The van der Waals surface area contributed by atoms with Crippen molar-refractivity contribution in [2.75, 3.05) is 19.7 Å². The number of ether oxygens (including phenoxy) is 1. The lowest BCUT2D eigenvalue weighted by Crippen LogP contribution is -2.59. The van der Waals surface area contributed by atoms with Gasteiger partial charge in [0.05, 0.1) is 12.6 Å². The molecule has 2 aliphatic heterocycles. The van der Waals surface area contributed by atoms with Crippen molar-refractivity contribution in [3.63, 3.8) is 0 Å². The van der Waals surface area contributed by atoms with Crippen molar-refractivity contribution in [1.29, 1.82) is 0 Å². The van der Waals surface area contributed by atoms with Gasteiger partial charge in [0.15, 0.2) is 0 Å². The first-order valence-electron chi connectivity index (χ1n) is 7.27. The van der Waals surface area contributed by atoms with Gasteiger partial charge in [0, 0.05) is 13.2 Å². The quantitative estimate of drug-likeness (QED) is 0.807. The summed E-state index contributed by atoms with van der Waals surface area (Å²) in [5, 5.41) is 2.77. The van der Waals surface area contributed by atoms with Crippen LogP contribution in [-0.4, -0.2) is 48.6 Å². The van der Waals surface area contributed by atoms with E-state index >= 15 is 0 Å². The molecule has 2 atom stereocenters. The van der Waals surface area contributed by atoms with E-state index in [2.05, 4.69) is 5.32 Å². The van der Waals surface area contributed by atoms with Crippen LogP contribution in [0.2, 0.25) is 0 Å². The average molecular weight is 268 g/mol. The molecule has 5 nitrogen and oxygen atoms in total. The fourth-order valence-corrected chi connectivity index (χ4v) is 2.75. The maximum atomic E-state index is 12.2. The van der Waals surface area contributed by atoms with Crippen molar-refractivity contribution in [3.8, 4) is 0 Å². The van der Waals surface area contributed by atoms with Crippen LogP contribution in [0.5, 0.6) is 0 Å². The molecule has 2 aliphatic rings. The van der Waals surface area contributed by atoms with Crippen molar-refractivity contribution in [2.45, 2.75) is 51.7 Å². The summed E-state index contributed by atoms with van der Waals surface area (Å²) in [6.07, 6.45) is 4.52. The minimum atomic E-state index is -0.357. The highest BCUT2D eigenvalue weighted by molar-refractivity contribution is 5.94. The second-order valence-electron chi connectivity index (χ2n) is 5.83. The Morgan fingerprint density at radius 1 is 1.42 bits per heavy atom. The smallest absolute Gasteiger partial charge is 0.245 e. The molecule has 2 unspecified atom stereocenters. The Hall–Kier alpha value is -1.10. The second kappa shape index (κ2) is 6.37. The van der Waals surface area contributed by atoms with E-state index in [9.17, 15) is 9.59 Å². The molecule has 0 aromatic rings. The average Bonchev–Trinajstić information content (AvgIpc) is 2.86. The standard InChI is InChI=1S/C14H24N2O3/c1-10(2)13-14(18)16(9-12(17)15-13)7-3-5-11-6-4-8-19-11/h10-11,13H,3-9H2,1-2H3,(H,15,17). The number of carbonyl (C=O) groups excluding carboxylic acids is 2. The van der Waals surface area contributed by atoms with Crippen molar-refractivity contribution < 1.29 is 14.3 Å². The van der Waals surface area contributed by atoms with Crippen LogP contribution in [0.15, 0.2) is 0 Å². The monoisotopic (exact) mass is 268 g/mol. The predicted molar refractivity (Wildman–Crippen MR) is 71.6 cm³/mol. The first kappa shape index (κ1) is 14.3. The molecule has 0 bridgehead atoms. The van der Waals surface area contributed by atoms with Crippen LogP contribution < -0.4 is 5.32 Å². The van der Waals surface area contributed by atoms with Crippen LogP contribution >= 0.6 is 0 Å². The molecule has 2 saturated heterocycles. The molecule has 0 saturated carbocycles. The van der Waals surface area contributed by atoms with E-state index in [0.717, 1.165) is 32.3 Å². The summed E-state index contributed by atoms with van der Waals surface area (Å²) in [5.41, 5.74) is 0. The molecule has 0 aliphatic carbocycles. The molecule has 0 radical (unpaired) electrons. The van der Waals surface area contributed by atoms with Gasteiger partial charge >= 0.3 is 0 Å². The van der Waals surface area contributed by atoms with E-state index in [-0.39, 0.29) is 30.3 Å². The third-order valence-electron chi connectivity index (χ3n) is 3.87. The van der Waals surface area contributed by atoms with Crippen LogP contribution in [-0.2, 0) is 14.3 Å². The number of piperazine rings is 1. The summed E-state index contributed by atoms with van der Waals surface area (Å²) in [6.45, 7) is 5.64. The first-order valence-corrected chi connectivity index (χ1v) is 7.27. The van der Waals surface area contributed by atoms with E-state index in [1.807, 2.05) is 13.8 Å². The minimum Gasteiger partial charge on any atom is -0.378 e. The first-order chi connectivity index (χ1) is 9.08. The number of rotatable bonds is 5.